The van der Waals surface area contributed by atoms with Gasteiger partial charge in [0, 0.05) is 18.8 Å². The zero-order valence-electron chi connectivity index (χ0n) is 5.65. The Bertz CT molecular complexity index is 107. The zero-order valence-corrected chi connectivity index (χ0v) is 5.65. The molecular weight excluding hydrogens is 98.1 g/mol. The van der Waals surface area contributed by atoms with Crippen LogP contribution < -0.4 is 0 Å². The third-order valence-corrected chi connectivity index (χ3v) is 2.01. The summed E-state index contributed by atoms with van der Waals surface area (Å²) in [7, 11) is 2.11. The Labute approximate surface area is 51.0 Å². The number of nitrogens with zero attached hydrogens (tertiary/aromatic N) is 1. The first-order valence-corrected chi connectivity index (χ1v) is 3.12. The molecule has 0 bridgehead atoms. The molecule has 1 aliphatic heterocycles. The van der Waals surface area contributed by atoms with E-state index in [1.807, 2.05) is 0 Å². The van der Waals surface area contributed by atoms with E-state index >= 15 is 0 Å². The smallest absolute Gasteiger partial charge is 0.0258 e. The number of hydrogen-bond acceptors (Lipinski definition) is 1. The highest BCUT2D eigenvalue weighted by molar-refractivity contribution is 5.00. The Morgan fingerprint density at radius 1 is 1.75 bits per heavy atom. The highest BCUT2D eigenvalue weighted by Gasteiger charge is 2.17. The van der Waals surface area contributed by atoms with Crippen molar-refractivity contribution in [3.05, 3.63) is 12.3 Å². The molecule has 0 radical (unpaired) electrons. The number of allylic oxidation sites excluding steroid dienone is 1. The predicted molar refractivity (Wildman–Crippen MR) is 35.6 cm³/mol. The Morgan fingerprint density at radius 2 is 2.38 bits per heavy atom. The largest absolute Gasteiger partial charge is 0.376 e. The van der Waals surface area contributed by atoms with Gasteiger partial charge in [-0.2, -0.15) is 0 Å². The van der Waals surface area contributed by atoms with E-state index in [0.29, 0.717) is 0 Å². The molecule has 0 amide bonds. The Morgan fingerprint density at radius 3 is 2.50 bits per heavy atom. The lowest BCUT2D eigenvalue weighted by Crippen LogP contribution is -2.19. The fourth-order valence-corrected chi connectivity index (χ4v) is 1.06. The minimum absolute atomic E-state index is 0.725. The number of likely N-dealkylation sites (tertiary alicyclic amines) is 1. The first kappa shape index (κ1) is 5.67. The summed E-state index contributed by atoms with van der Waals surface area (Å²) in [5.74, 6) is 0. The summed E-state index contributed by atoms with van der Waals surface area (Å²) >= 11 is 0. The van der Waals surface area contributed by atoms with Crippen molar-refractivity contribution in [3.63, 3.8) is 0 Å². The molecule has 0 aliphatic carbocycles. The lowest BCUT2D eigenvalue weighted by atomic mass is 10.2. The van der Waals surface area contributed by atoms with E-state index < -0.39 is 0 Å². The topological polar surface area (TPSA) is 3.24 Å². The Kier molecular flexibility index (Phi) is 1.28. The summed E-state index contributed by atoms with van der Waals surface area (Å²) in [5, 5.41) is 0. The highest BCUT2D eigenvalue weighted by atomic mass is 15.2. The molecule has 1 rings (SSSR count). The fraction of sp³-hybridized carbons (Fsp3) is 0.714. The van der Waals surface area contributed by atoms with Gasteiger partial charge in [-0.25, -0.2) is 0 Å². The van der Waals surface area contributed by atoms with Gasteiger partial charge >= 0.3 is 0 Å². The van der Waals surface area contributed by atoms with Gasteiger partial charge in [0.15, 0.2) is 0 Å². The summed E-state index contributed by atoms with van der Waals surface area (Å²) in [6.07, 6.45) is 2.48. The van der Waals surface area contributed by atoms with Crippen molar-refractivity contribution in [1.82, 2.24) is 4.90 Å². The van der Waals surface area contributed by atoms with Gasteiger partial charge in [0.1, 0.15) is 0 Å². The van der Waals surface area contributed by atoms with Crippen LogP contribution in [0.15, 0.2) is 12.3 Å². The van der Waals surface area contributed by atoms with Crippen LogP contribution >= 0.6 is 0 Å². The SMILES string of the molecule is C=C1CC[C@@H](C)N1C. The monoisotopic (exact) mass is 111 g/mol. The second-order valence-corrected chi connectivity index (χ2v) is 2.56. The molecule has 1 heteroatoms. The molecule has 1 saturated heterocycles. The van der Waals surface area contributed by atoms with E-state index in [0.717, 1.165) is 6.04 Å². The minimum Gasteiger partial charge on any atom is -0.376 e. The van der Waals surface area contributed by atoms with Crippen LogP contribution in [0.2, 0.25) is 0 Å². The molecule has 0 unspecified atom stereocenters. The van der Waals surface area contributed by atoms with Gasteiger partial charge < -0.3 is 4.90 Å². The molecule has 46 valence electrons. The van der Waals surface area contributed by atoms with Crippen molar-refractivity contribution in [2.75, 3.05) is 7.05 Å². The molecule has 0 aromatic carbocycles. The molecule has 0 N–H and O–H groups in total. The molecule has 0 aromatic heterocycles. The van der Waals surface area contributed by atoms with E-state index in [1.165, 1.54) is 18.5 Å². The number of rotatable bonds is 0. The molecule has 0 saturated carbocycles. The first-order chi connectivity index (χ1) is 3.72. The highest BCUT2D eigenvalue weighted by Crippen LogP contribution is 2.22. The van der Waals surface area contributed by atoms with Crippen molar-refractivity contribution in [2.24, 2.45) is 0 Å². The van der Waals surface area contributed by atoms with Gasteiger partial charge in [-0.05, 0) is 19.8 Å². The second kappa shape index (κ2) is 1.81. The van der Waals surface area contributed by atoms with E-state index in [2.05, 4.69) is 25.5 Å². The van der Waals surface area contributed by atoms with Gasteiger partial charge in [0.2, 0.25) is 0 Å². The van der Waals surface area contributed by atoms with Gasteiger partial charge in [0.05, 0.1) is 0 Å². The lowest BCUT2D eigenvalue weighted by Gasteiger charge is -2.17. The molecule has 1 aliphatic rings. The normalized spacial score (nSPS) is 29.5. The summed E-state index contributed by atoms with van der Waals surface area (Å²) in [5.41, 5.74) is 1.29. The van der Waals surface area contributed by atoms with Crippen LogP contribution in [-0.4, -0.2) is 18.0 Å². The Balaban J connectivity index is 2.56. The van der Waals surface area contributed by atoms with Crippen molar-refractivity contribution < 1.29 is 0 Å². The van der Waals surface area contributed by atoms with E-state index in [4.69, 9.17) is 0 Å². The average molecular weight is 111 g/mol. The number of hydrogen-bond donors (Lipinski definition) is 0. The van der Waals surface area contributed by atoms with Crippen molar-refractivity contribution in [3.8, 4) is 0 Å². The molecular formula is C7H13N. The minimum atomic E-state index is 0.725. The quantitative estimate of drug-likeness (QED) is 0.459. The van der Waals surface area contributed by atoms with Crippen molar-refractivity contribution in [1.29, 1.82) is 0 Å². The van der Waals surface area contributed by atoms with Crippen LogP contribution in [0.4, 0.5) is 0 Å². The van der Waals surface area contributed by atoms with Gasteiger partial charge in [0.25, 0.3) is 0 Å². The molecule has 1 fully saturated rings. The molecule has 0 spiro atoms. The maximum absolute atomic E-state index is 3.91. The van der Waals surface area contributed by atoms with Crippen LogP contribution in [-0.2, 0) is 0 Å². The van der Waals surface area contributed by atoms with E-state index in [1.54, 1.807) is 0 Å². The van der Waals surface area contributed by atoms with Crippen LogP contribution in [0.25, 0.3) is 0 Å². The van der Waals surface area contributed by atoms with Crippen LogP contribution in [0.3, 0.4) is 0 Å². The maximum atomic E-state index is 3.91. The summed E-state index contributed by atoms with van der Waals surface area (Å²) in [6.45, 7) is 6.15. The summed E-state index contributed by atoms with van der Waals surface area (Å²) in [4.78, 5) is 2.25. The zero-order chi connectivity index (χ0) is 6.15. The first-order valence-electron chi connectivity index (χ1n) is 3.12. The maximum Gasteiger partial charge on any atom is 0.0258 e. The molecule has 1 heterocycles. The van der Waals surface area contributed by atoms with Crippen LogP contribution in [0, 0.1) is 0 Å². The summed E-state index contributed by atoms with van der Waals surface area (Å²) in [6, 6.07) is 0.725. The van der Waals surface area contributed by atoms with Crippen molar-refractivity contribution in [2.45, 2.75) is 25.8 Å². The van der Waals surface area contributed by atoms with Gasteiger partial charge in [-0.15, -0.1) is 0 Å². The third kappa shape index (κ3) is 0.726. The van der Waals surface area contributed by atoms with Crippen LogP contribution in [0.1, 0.15) is 19.8 Å². The predicted octanol–water partition coefficient (Wildman–Crippen LogP) is 1.61. The molecule has 0 aromatic rings. The standard InChI is InChI=1S/C7H13N/c1-6-4-5-7(2)8(6)3/h7H,1,4-5H2,2-3H3/t7-/m1/s1. The third-order valence-electron chi connectivity index (χ3n) is 2.01. The second-order valence-electron chi connectivity index (χ2n) is 2.56. The molecule has 1 atom stereocenters. The molecule has 8 heavy (non-hydrogen) atoms. The average Bonchev–Trinajstić information content (AvgIpc) is 1.98. The fourth-order valence-electron chi connectivity index (χ4n) is 1.06. The van der Waals surface area contributed by atoms with Crippen molar-refractivity contribution >= 4 is 0 Å². The molecule has 1 nitrogen and oxygen atoms in total. The summed E-state index contributed by atoms with van der Waals surface area (Å²) < 4.78 is 0. The van der Waals surface area contributed by atoms with Gasteiger partial charge in [-0.1, -0.05) is 6.58 Å². The van der Waals surface area contributed by atoms with E-state index in [9.17, 15) is 0 Å². The van der Waals surface area contributed by atoms with E-state index in [-0.39, 0.29) is 0 Å². The van der Waals surface area contributed by atoms with Gasteiger partial charge in [-0.3, -0.25) is 0 Å². The lowest BCUT2D eigenvalue weighted by molar-refractivity contribution is 0.377. The Hall–Kier alpha value is -0.460. The van der Waals surface area contributed by atoms with Crippen LogP contribution in [0.5, 0.6) is 0 Å².